The van der Waals surface area contributed by atoms with Crippen molar-refractivity contribution in [2.24, 2.45) is 17.6 Å². The van der Waals surface area contributed by atoms with E-state index in [0.29, 0.717) is 17.7 Å². The Bertz CT molecular complexity index is 534. The van der Waals surface area contributed by atoms with Gasteiger partial charge in [-0.2, -0.15) is 0 Å². The van der Waals surface area contributed by atoms with Crippen LogP contribution in [0.5, 0.6) is 0 Å². The molecule has 1 unspecified atom stereocenters. The van der Waals surface area contributed by atoms with Crippen molar-refractivity contribution in [3.8, 4) is 0 Å². The fraction of sp³-hybridized carbons (Fsp3) is 0.643. The van der Waals surface area contributed by atoms with Crippen molar-refractivity contribution in [1.82, 2.24) is 4.98 Å². The Morgan fingerprint density at radius 1 is 1.40 bits per heavy atom. The summed E-state index contributed by atoms with van der Waals surface area (Å²) in [4.78, 5) is 17.3. The molecule has 1 aromatic heterocycles. The van der Waals surface area contributed by atoms with Crippen LogP contribution >= 0.6 is 0 Å². The molecule has 0 radical (unpaired) electrons. The summed E-state index contributed by atoms with van der Waals surface area (Å²) >= 11 is 0. The topological polar surface area (TPSA) is 85.3 Å². The number of aromatic nitrogens is 1. The molecular formula is C14H20N4O2. The van der Waals surface area contributed by atoms with Crippen LogP contribution in [0.15, 0.2) is 12.3 Å². The molecule has 0 amide bonds. The Labute approximate surface area is 118 Å². The van der Waals surface area contributed by atoms with Crippen LogP contribution in [-0.2, 0) is 0 Å². The molecule has 2 aliphatic rings. The van der Waals surface area contributed by atoms with Crippen LogP contribution in [0.25, 0.3) is 0 Å². The molecule has 0 spiro atoms. The van der Waals surface area contributed by atoms with Gasteiger partial charge < -0.3 is 10.6 Å². The first-order chi connectivity index (χ1) is 9.54. The Morgan fingerprint density at radius 2 is 2.15 bits per heavy atom. The van der Waals surface area contributed by atoms with Crippen LogP contribution < -0.4 is 10.6 Å². The number of anilines is 1. The van der Waals surface area contributed by atoms with Crippen LogP contribution in [0.2, 0.25) is 0 Å². The van der Waals surface area contributed by atoms with Gasteiger partial charge in [-0.05, 0) is 43.6 Å². The lowest BCUT2D eigenvalue weighted by Crippen LogP contribution is -2.32. The summed E-state index contributed by atoms with van der Waals surface area (Å²) in [6.07, 6.45) is 4.93. The summed E-state index contributed by atoms with van der Waals surface area (Å²) in [5, 5.41) is 11.2. The average Bonchev–Trinajstić information content (AvgIpc) is 2.81. The first-order valence-electron chi connectivity index (χ1n) is 7.16. The van der Waals surface area contributed by atoms with Crippen molar-refractivity contribution >= 4 is 11.5 Å². The first-order valence-corrected chi connectivity index (χ1v) is 7.16. The van der Waals surface area contributed by atoms with Crippen molar-refractivity contribution in [3.05, 3.63) is 27.9 Å². The molecule has 0 bridgehead atoms. The standard InChI is InChI=1S/C14H20N4O2/c1-9-4-13(18(19)20)14(16-6-9)17-7-10-2-3-12(15)5-11(10)8-17/h4,6,10-12H,2-3,5,7-8,15H2,1H3/t10-,11+,12?/m1/s1. The second-order valence-electron chi connectivity index (χ2n) is 6.11. The highest BCUT2D eigenvalue weighted by Crippen LogP contribution is 2.39. The monoisotopic (exact) mass is 276 g/mol. The summed E-state index contributed by atoms with van der Waals surface area (Å²) in [7, 11) is 0. The zero-order valence-corrected chi connectivity index (χ0v) is 11.7. The number of rotatable bonds is 2. The smallest absolute Gasteiger partial charge is 0.311 e. The minimum atomic E-state index is -0.330. The van der Waals surface area contributed by atoms with Crippen molar-refractivity contribution in [3.63, 3.8) is 0 Å². The van der Waals surface area contributed by atoms with Gasteiger partial charge in [0, 0.05) is 31.4 Å². The van der Waals surface area contributed by atoms with Gasteiger partial charge in [0.2, 0.25) is 5.82 Å². The summed E-state index contributed by atoms with van der Waals surface area (Å²) in [6.45, 7) is 3.54. The van der Waals surface area contributed by atoms with Gasteiger partial charge in [0.25, 0.3) is 0 Å². The number of aryl methyl sites for hydroxylation is 1. The van der Waals surface area contributed by atoms with E-state index in [9.17, 15) is 10.1 Å². The zero-order valence-electron chi connectivity index (χ0n) is 11.7. The number of nitro groups is 1. The van der Waals surface area contributed by atoms with Crippen LogP contribution in [-0.4, -0.2) is 29.0 Å². The summed E-state index contributed by atoms with van der Waals surface area (Å²) < 4.78 is 0. The molecule has 2 fully saturated rings. The van der Waals surface area contributed by atoms with E-state index in [2.05, 4.69) is 9.88 Å². The fourth-order valence-electron chi connectivity index (χ4n) is 3.57. The lowest BCUT2D eigenvalue weighted by atomic mass is 9.79. The molecule has 3 rings (SSSR count). The van der Waals surface area contributed by atoms with Crippen LogP contribution in [0.4, 0.5) is 11.5 Å². The lowest BCUT2D eigenvalue weighted by Gasteiger charge is -2.27. The molecule has 1 saturated carbocycles. The molecule has 108 valence electrons. The molecule has 1 saturated heterocycles. The summed E-state index contributed by atoms with van der Waals surface area (Å²) in [6, 6.07) is 1.90. The normalized spacial score (nSPS) is 29.3. The Balaban J connectivity index is 1.86. The summed E-state index contributed by atoms with van der Waals surface area (Å²) in [5.74, 6) is 1.68. The molecule has 6 heteroatoms. The number of hydrogen-bond donors (Lipinski definition) is 1. The molecule has 1 aliphatic carbocycles. The van der Waals surface area contributed by atoms with Crippen LogP contribution in [0.3, 0.4) is 0 Å². The van der Waals surface area contributed by atoms with Crippen LogP contribution in [0, 0.1) is 28.9 Å². The highest BCUT2D eigenvalue weighted by atomic mass is 16.6. The van der Waals surface area contributed by atoms with Crippen molar-refractivity contribution < 1.29 is 4.92 Å². The number of nitrogens with two attached hydrogens (primary N) is 1. The van der Waals surface area contributed by atoms with Crippen molar-refractivity contribution in [2.45, 2.75) is 32.2 Å². The molecule has 2 heterocycles. The van der Waals surface area contributed by atoms with E-state index < -0.39 is 0 Å². The van der Waals surface area contributed by atoms with Gasteiger partial charge in [0.05, 0.1) is 4.92 Å². The largest absolute Gasteiger partial charge is 0.350 e. The number of fused-ring (bicyclic) bond motifs is 1. The molecule has 3 atom stereocenters. The Kier molecular flexibility index (Phi) is 3.33. The van der Waals surface area contributed by atoms with Gasteiger partial charge in [-0.25, -0.2) is 4.98 Å². The minimum absolute atomic E-state index is 0.118. The van der Waals surface area contributed by atoms with E-state index in [0.717, 1.165) is 37.9 Å². The average molecular weight is 276 g/mol. The van der Waals surface area contributed by atoms with Crippen molar-refractivity contribution in [1.29, 1.82) is 0 Å². The van der Waals surface area contributed by atoms with E-state index in [1.807, 2.05) is 6.92 Å². The molecule has 1 aliphatic heterocycles. The Morgan fingerprint density at radius 3 is 2.90 bits per heavy atom. The van der Waals surface area contributed by atoms with Crippen molar-refractivity contribution in [2.75, 3.05) is 18.0 Å². The molecule has 1 aromatic rings. The van der Waals surface area contributed by atoms with E-state index in [1.54, 1.807) is 12.3 Å². The molecule has 20 heavy (non-hydrogen) atoms. The third-order valence-corrected chi connectivity index (χ3v) is 4.57. The number of hydrogen-bond acceptors (Lipinski definition) is 5. The van der Waals surface area contributed by atoms with E-state index in [-0.39, 0.29) is 16.7 Å². The van der Waals surface area contributed by atoms with Gasteiger partial charge in [-0.15, -0.1) is 0 Å². The van der Waals surface area contributed by atoms with E-state index in [4.69, 9.17) is 5.73 Å². The molecular weight excluding hydrogens is 256 g/mol. The third-order valence-electron chi connectivity index (χ3n) is 4.57. The predicted molar refractivity (Wildman–Crippen MR) is 76.6 cm³/mol. The second kappa shape index (κ2) is 5.01. The van der Waals surface area contributed by atoms with Gasteiger partial charge in [-0.1, -0.05) is 0 Å². The predicted octanol–water partition coefficient (Wildman–Crippen LogP) is 1.86. The van der Waals surface area contributed by atoms with Gasteiger partial charge in [0.15, 0.2) is 0 Å². The van der Waals surface area contributed by atoms with E-state index >= 15 is 0 Å². The summed E-state index contributed by atoms with van der Waals surface area (Å²) in [5.41, 5.74) is 6.97. The fourth-order valence-corrected chi connectivity index (χ4v) is 3.57. The first kappa shape index (κ1) is 13.3. The highest BCUT2D eigenvalue weighted by molar-refractivity contribution is 5.59. The van der Waals surface area contributed by atoms with Crippen LogP contribution in [0.1, 0.15) is 24.8 Å². The van der Waals surface area contributed by atoms with Gasteiger partial charge >= 0.3 is 5.69 Å². The maximum atomic E-state index is 11.2. The zero-order chi connectivity index (χ0) is 14.3. The SMILES string of the molecule is Cc1cnc(N2C[C@H]3CCC(N)C[C@H]3C2)c([N+](=O)[O-])c1. The minimum Gasteiger partial charge on any atom is -0.350 e. The second-order valence-corrected chi connectivity index (χ2v) is 6.11. The highest BCUT2D eigenvalue weighted by Gasteiger charge is 2.39. The van der Waals surface area contributed by atoms with Gasteiger partial charge in [0.1, 0.15) is 0 Å². The van der Waals surface area contributed by atoms with Gasteiger partial charge in [-0.3, -0.25) is 10.1 Å². The molecule has 2 N–H and O–H groups in total. The third kappa shape index (κ3) is 2.35. The molecule has 6 nitrogen and oxygen atoms in total. The van der Waals surface area contributed by atoms with E-state index in [1.165, 1.54) is 0 Å². The maximum absolute atomic E-state index is 11.2. The maximum Gasteiger partial charge on any atom is 0.311 e. The Hall–Kier alpha value is -1.69. The molecule has 0 aromatic carbocycles. The quantitative estimate of drug-likeness (QED) is 0.658. The number of nitrogens with zero attached hydrogens (tertiary/aromatic N) is 3. The lowest BCUT2D eigenvalue weighted by molar-refractivity contribution is -0.384. The number of pyridine rings is 1.